The van der Waals surface area contributed by atoms with Crippen LogP contribution >= 0.6 is 11.6 Å². The Bertz CT molecular complexity index is 1870. The first-order chi connectivity index (χ1) is 23.4. The molecular formula is C36H36ClN5O7. The minimum Gasteiger partial charge on any atom is -0.497 e. The number of methoxy groups -OCH3 is 2. The van der Waals surface area contributed by atoms with Crippen molar-refractivity contribution < 1.29 is 33.3 Å². The van der Waals surface area contributed by atoms with E-state index in [0.29, 0.717) is 50.2 Å². The number of ether oxygens (including phenoxy) is 4. The van der Waals surface area contributed by atoms with Crippen LogP contribution in [-0.2, 0) is 14.3 Å². The fraction of sp³-hybridized carbons (Fsp3) is 0.250. The monoisotopic (exact) mass is 685 g/mol. The number of aromatic nitrogens is 1. The highest BCUT2D eigenvalue weighted by Crippen LogP contribution is 2.38. The van der Waals surface area contributed by atoms with Crippen molar-refractivity contribution in [2.45, 2.75) is 32.8 Å². The van der Waals surface area contributed by atoms with Gasteiger partial charge in [0, 0.05) is 47.5 Å². The number of amides is 3. The van der Waals surface area contributed by atoms with E-state index in [1.54, 1.807) is 93.6 Å². The highest BCUT2D eigenvalue weighted by atomic mass is 35.5. The van der Waals surface area contributed by atoms with Crippen molar-refractivity contribution in [3.05, 3.63) is 88.9 Å². The number of nitrogens with one attached hydrogen (secondary N) is 3. The van der Waals surface area contributed by atoms with E-state index in [1.807, 2.05) is 0 Å². The highest BCUT2D eigenvalue weighted by molar-refractivity contribution is 6.30. The Labute approximate surface area is 289 Å². The summed E-state index contributed by atoms with van der Waals surface area (Å²) >= 11 is 6.27. The van der Waals surface area contributed by atoms with Crippen LogP contribution < -0.4 is 25.4 Å². The predicted octanol–water partition coefficient (Wildman–Crippen LogP) is 7.04. The Balaban J connectivity index is 1.71. The molecule has 0 spiro atoms. The lowest BCUT2D eigenvalue weighted by atomic mass is 9.97. The van der Waals surface area contributed by atoms with Crippen LogP contribution in [0.1, 0.15) is 43.1 Å². The van der Waals surface area contributed by atoms with Crippen molar-refractivity contribution in [2.24, 2.45) is 0 Å². The molecule has 0 bridgehead atoms. The Morgan fingerprint density at radius 1 is 0.939 bits per heavy atom. The SMILES string of the molecule is COCOc1cc(Cl)ccc1-c1cc(-c2cccc(NC(=O)CCNC(=O)OC(C)(C)C)c2)c(C#N)c(NC(=O)c2ccc(OC)cc2)n1. The highest BCUT2D eigenvalue weighted by Gasteiger charge is 2.21. The van der Waals surface area contributed by atoms with Gasteiger partial charge in [0.05, 0.1) is 12.8 Å². The van der Waals surface area contributed by atoms with E-state index in [2.05, 4.69) is 27.0 Å². The summed E-state index contributed by atoms with van der Waals surface area (Å²) in [6.07, 6.45) is -0.625. The minimum atomic E-state index is -0.660. The number of rotatable bonds is 12. The largest absolute Gasteiger partial charge is 0.497 e. The number of pyridine rings is 1. The Kier molecular flexibility index (Phi) is 12.2. The molecule has 12 nitrogen and oxygen atoms in total. The topological polar surface area (TPSA) is 161 Å². The van der Waals surface area contributed by atoms with Crippen molar-refractivity contribution in [1.82, 2.24) is 10.3 Å². The van der Waals surface area contributed by atoms with E-state index < -0.39 is 17.6 Å². The smallest absolute Gasteiger partial charge is 0.407 e. The van der Waals surface area contributed by atoms with Gasteiger partial charge in [-0.3, -0.25) is 9.59 Å². The first-order valence-electron chi connectivity index (χ1n) is 15.1. The van der Waals surface area contributed by atoms with Gasteiger partial charge in [-0.15, -0.1) is 0 Å². The summed E-state index contributed by atoms with van der Waals surface area (Å²) in [6, 6.07) is 22.2. The molecule has 1 aromatic heterocycles. The molecule has 0 aliphatic carbocycles. The molecular weight excluding hydrogens is 650 g/mol. The molecule has 0 aliphatic heterocycles. The van der Waals surface area contributed by atoms with Crippen LogP contribution in [0.5, 0.6) is 11.5 Å². The van der Waals surface area contributed by atoms with E-state index in [9.17, 15) is 19.6 Å². The summed E-state index contributed by atoms with van der Waals surface area (Å²) in [5.74, 6) is 0.103. The molecule has 4 aromatic rings. The lowest BCUT2D eigenvalue weighted by Crippen LogP contribution is -2.34. The summed E-state index contributed by atoms with van der Waals surface area (Å²) in [4.78, 5) is 42.7. The second-order valence-electron chi connectivity index (χ2n) is 11.6. The first-order valence-corrected chi connectivity index (χ1v) is 15.5. The molecule has 13 heteroatoms. The van der Waals surface area contributed by atoms with Crippen molar-refractivity contribution in [3.63, 3.8) is 0 Å². The number of benzene rings is 3. The molecule has 1 heterocycles. The zero-order valence-electron chi connectivity index (χ0n) is 27.7. The molecule has 0 saturated carbocycles. The van der Waals surface area contributed by atoms with Crippen molar-refractivity contribution in [2.75, 3.05) is 38.2 Å². The molecule has 0 aliphatic rings. The number of nitrogens with zero attached hydrogens (tertiary/aromatic N) is 2. The van der Waals surface area contributed by atoms with Crippen LogP contribution in [0.15, 0.2) is 72.8 Å². The summed E-state index contributed by atoms with van der Waals surface area (Å²) in [5, 5.41) is 19.0. The number of halogens is 1. The van der Waals surface area contributed by atoms with Gasteiger partial charge in [-0.05, 0) is 87.0 Å². The fourth-order valence-corrected chi connectivity index (χ4v) is 4.73. The van der Waals surface area contributed by atoms with Crippen LogP contribution in [-0.4, -0.2) is 56.0 Å². The van der Waals surface area contributed by atoms with Crippen LogP contribution in [0.25, 0.3) is 22.4 Å². The van der Waals surface area contributed by atoms with E-state index in [0.717, 1.165) is 0 Å². The predicted molar refractivity (Wildman–Crippen MR) is 186 cm³/mol. The third kappa shape index (κ3) is 10.2. The quantitative estimate of drug-likeness (QED) is 0.133. The van der Waals surface area contributed by atoms with Gasteiger partial charge in [-0.2, -0.15) is 5.26 Å². The van der Waals surface area contributed by atoms with E-state index in [4.69, 9.17) is 30.5 Å². The average Bonchev–Trinajstić information content (AvgIpc) is 3.06. The van der Waals surface area contributed by atoms with E-state index >= 15 is 0 Å². The van der Waals surface area contributed by atoms with Gasteiger partial charge in [0.1, 0.15) is 28.7 Å². The van der Waals surface area contributed by atoms with Crippen molar-refractivity contribution in [3.8, 4) is 40.0 Å². The van der Waals surface area contributed by atoms with Crippen LogP contribution in [0.2, 0.25) is 5.02 Å². The average molecular weight is 686 g/mol. The molecule has 4 rings (SSSR count). The molecule has 0 fully saturated rings. The lowest BCUT2D eigenvalue weighted by Gasteiger charge is -2.19. The molecule has 49 heavy (non-hydrogen) atoms. The molecule has 0 saturated heterocycles. The van der Waals surface area contributed by atoms with Gasteiger partial charge < -0.3 is 34.9 Å². The maximum atomic E-state index is 13.4. The maximum absolute atomic E-state index is 13.4. The summed E-state index contributed by atoms with van der Waals surface area (Å²) in [7, 11) is 3.01. The number of anilines is 2. The van der Waals surface area contributed by atoms with Crippen molar-refractivity contribution >= 4 is 41.0 Å². The summed E-state index contributed by atoms with van der Waals surface area (Å²) in [5.41, 5.74) is 2.06. The molecule has 0 radical (unpaired) electrons. The van der Waals surface area contributed by atoms with Gasteiger partial charge in [0.2, 0.25) is 5.91 Å². The Hall–Kier alpha value is -5.64. The first kappa shape index (κ1) is 36.2. The number of carbonyl (C=O) groups is 3. The third-order valence-corrected chi connectivity index (χ3v) is 6.98. The Morgan fingerprint density at radius 2 is 1.69 bits per heavy atom. The van der Waals surface area contributed by atoms with Crippen molar-refractivity contribution in [1.29, 1.82) is 5.26 Å². The molecule has 3 aromatic carbocycles. The molecule has 254 valence electrons. The standard InChI is InChI=1S/C36H36ClN5O7/c1-36(2,3)49-35(45)39-16-15-32(43)40-25-8-6-7-23(17-25)28-19-30(27-14-11-24(37)18-31(27)48-21-46-4)41-33(29(28)20-38)42-34(44)22-9-12-26(47-5)13-10-22/h6-14,17-19H,15-16,21H2,1-5H3,(H,39,45)(H,40,43)(H,41,42,44). The normalized spacial score (nSPS) is 10.8. The van der Waals surface area contributed by atoms with Gasteiger partial charge >= 0.3 is 6.09 Å². The van der Waals surface area contributed by atoms with Gasteiger partial charge in [0.25, 0.3) is 5.91 Å². The summed E-state index contributed by atoms with van der Waals surface area (Å²) in [6.45, 7) is 5.25. The second-order valence-corrected chi connectivity index (χ2v) is 12.0. The lowest BCUT2D eigenvalue weighted by molar-refractivity contribution is -0.116. The van der Waals surface area contributed by atoms with Crippen LogP contribution in [0.3, 0.4) is 0 Å². The molecule has 3 N–H and O–H groups in total. The summed E-state index contributed by atoms with van der Waals surface area (Å²) < 4.78 is 21.3. The van der Waals surface area contributed by atoms with Gasteiger partial charge in [0.15, 0.2) is 12.6 Å². The minimum absolute atomic E-state index is 0.00528. The zero-order valence-corrected chi connectivity index (χ0v) is 28.4. The van der Waals surface area contributed by atoms with Crippen LogP contribution in [0, 0.1) is 11.3 Å². The number of hydrogen-bond donors (Lipinski definition) is 3. The fourth-order valence-electron chi connectivity index (χ4n) is 4.57. The van der Waals surface area contributed by atoms with E-state index in [1.165, 1.54) is 14.2 Å². The van der Waals surface area contributed by atoms with Gasteiger partial charge in [-0.25, -0.2) is 9.78 Å². The van der Waals surface area contributed by atoms with Gasteiger partial charge in [-0.1, -0.05) is 23.7 Å². The maximum Gasteiger partial charge on any atom is 0.407 e. The second kappa shape index (κ2) is 16.5. The number of carbonyl (C=O) groups excluding carboxylic acids is 3. The molecule has 0 unspecified atom stereocenters. The number of hydrogen-bond acceptors (Lipinski definition) is 9. The molecule has 3 amide bonds. The Morgan fingerprint density at radius 3 is 2.37 bits per heavy atom. The molecule has 0 atom stereocenters. The number of nitriles is 1. The van der Waals surface area contributed by atoms with E-state index in [-0.39, 0.29) is 37.0 Å². The number of alkyl carbamates (subject to hydrolysis) is 1. The third-order valence-electron chi connectivity index (χ3n) is 6.74. The zero-order chi connectivity index (χ0) is 35.6. The van der Waals surface area contributed by atoms with Crippen LogP contribution in [0.4, 0.5) is 16.3 Å².